The average Bonchev–Trinajstić information content (AvgIpc) is 2.53. The van der Waals surface area contributed by atoms with Gasteiger partial charge in [-0.25, -0.2) is 13.6 Å². The number of carbonyl (C=O) groups excluding carboxylic acids is 2. The maximum atomic E-state index is 11.9. The fourth-order valence-corrected chi connectivity index (χ4v) is 2.86. The van der Waals surface area contributed by atoms with Gasteiger partial charge in [0, 0.05) is 16.3 Å². The van der Waals surface area contributed by atoms with Gasteiger partial charge < -0.3 is 10.6 Å². The number of benzene rings is 2. The molecule has 0 fully saturated rings. The molecule has 2 rings (SSSR count). The summed E-state index contributed by atoms with van der Waals surface area (Å²) in [4.78, 5) is 23.8. The van der Waals surface area contributed by atoms with Gasteiger partial charge in [-0.05, 0) is 35.9 Å². The molecule has 4 N–H and O–H groups in total. The Morgan fingerprint density at radius 3 is 2.36 bits per heavy atom. The molecule has 7 nitrogen and oxygen atoms in total. The molecule has 2 amide bonds. The molecule has 0 aliphatic rings. The lowest BCUT2D eigenvalue weighted by atomic mass is 10.2. The summed E-state index contributed by atoms with van der Waals surface area (Å²) in [5.74, 6) is -1.12. The van der Waals surface area contributed by atoms with Gasteiger partial charge in [-0.15, -0.1) is 0 Å². The number of hydrogen-bond acceptors (Lipinski definition) is 4. The highest BCUT2D eigenvalue weighted by atomic mass is 35.5. The highest BCUT2D eigenvalue weighted by Crippen LogP contribution is 2.12. The van der Waals surface area contributed by atoms with Crippen molar-refractivity contribution in [1.29, 1.82) is 0 Å². The molecule has 0 unspecified atom stereocenters. The zero-order valence-electron chi connectivity index (χ0n) is 13.0. The third-order valence-electron chi connectivity index (χ3n) is 3.10. The largest absolute Gasteiger partial charge is 0.343 e. The van der Waals surface area contributed by atoms with E-state index in [9.17, 15) is 18.0 Å². The molecule has 0 saturated carbocycles. The van der Waals surface area contributed by atoms with E-state index < -0.39 is 21.8 Å². The summed E-state index contributed by atoms with van der Waals surface area (Å²) >= 11 is 5.81. The third kappa shape index (κ3) is 6.54. The second-order valence-electron chi connectivity index (χ2n) is 5.25. The maximum Gasteiger partial charge on any atom is 0.251 e. The van der Waals surface area contributed by atoms with Crippen molar-refractivity contribution in [2.24, 2.45) is 5.14 Å². The Labute approximate surface area is 150 Å². The molecule has 0 spiro atoms. The number of primary sulfonamides is 1. The number of carbonyl (C=O) groups is 2. The van der Waals surface area contributed by atoms with Crippen molar-refractivity contribution in [3.05, 3.63) is 64.7 Å². The summed E-state index contributed by atoms with van der Waals surface area (Å²) in [5, 5.41) is 10.5. The van der Waals surface area contributed by atoms with E-state index in [1.807, 2.05) is 0 Å². The van der Waals surface area contributed by atoms with Gasteiger partial charge in [-0.2, -0.15) is 0 Å². The van der Waals surface area contributed by atoms with E-state index in [1.165, 1.54) is 6.07 Å². The van der Waals surface area contributed by atoms with E-state index in [4.69, 9.17) is 16.7 Å². The van der Waals surface area contributed by atoms with E-state index >= 15 is 0 Å². The van der Waals surface area contributed by atoms with Crippen LogP contribution in [0.5, 0.6) is 0 Å². The molecule has 0 radical (unpaired) electrons. The highest BCUT2D eigenvalue weighted by Gasteiger charge is 2.09. The minimum Gasteiger partial charge on any atom is -0.343 e. The van der Waals surface area contributed by atoms with E-state index in [-0.39, 0.29) is 12.3 Å². The predicted molar refractivity (Wildman–Crippen MR) is 95.7 cm³/mol. The first-order chi connectivity index (χ1) is 11.7. The molecule has 0 aromatic heterocycles. The third-order valence-corrected chi connectivity index (χ3v) is 4.07. The summed E-state index contributed by atoms with van der Waals surface area (Å²) in [7, 11) is -3.60. The molecule has 2 aromatic carbocycles. The number of hydrogen-bond donors (Lipinski definition) is 3. The van der Waals surface area contributed by atoms with Gasteiger partial charge in [-0.1, -0.05) is 29.8 Å². The van der Waals surface area contributed by atoms with Crippen molar-refractivity contribution in [2.45, 2.75) is 5.75 Å². The number of rotatable bonds is 6. The number of amides is 2. The van der Waals surface area contributed by atoms with Gasteiger partial charge in [0.05, 0.1) is 12.3 Å². The second kappa shape index (κ2) is 8.11. The number of anilines is 1. The zero-order valence-corrected chi connectivity index (χ0v) is 14.6. The predicted octanol–water partition coefficient (Wildman–Crippen LogP) is 1.50. The minimum atomic E-state index is -3.60. The molecular formula is C16H16ClN3O4S. The van der Waals surface area contributed by atoms with Gasteiger partial charge in [0.2, 0.25) is 15.9 Å². The van der Waals surface area contributed by atoms with Crippen molar-refractivity contribution in [1.82, 2.24) is 5.32 Å². The first kappa shape index (κ1) is 18.9. The van der Waals surface area contributed by atoms with Crippen LogP contribution in [0.15, 0.2) is 48.5 Å². The molecule has 0 atom stereocenters. The summed E-state index contributed by atoms with van der Waals surface area (Å²) in [6.45, 7) is -0.218. The van der Waals surface area contributed by atoms with Crippen LogP contribution < -0.4 is 15.8 Å². The maximum absolute atomic E-state index is 11.9. The average molecular weight is 382 g/mol. The summed E-state index contributed by atoms with van der Waals surface area (Å²) in [6, 6.07) is 12.6. The molecular weight excluding hydrogens is 366 g/mol. The minimum absolute atomic E-state index is 0.218. The van der Waals surface area contributed by atoms with E-state index in [1.54, 1.807) is 42.5 Å². The topological polar surface area (TPSA) is 118 Å². The Morgan fingerprint density at radius 1 is 1.08 bits per heavy atom. The van der Waals surface area contributed by atoms with Crippen LogP contribution in [0.2, 0.25) is 5.02 Å². The lowest BCUT2D eigenvalue weighted by Crippen LogP contribution is -2.32. The first-order valence-electron chi connectivity index (χ1n) is 7.16. The van der Waals surface area contributed by atoms with Crippen LogP contribution in [0.1, 0.15) is 15.9 Å². The molecule has 0 aliphatic carbocycles. The Morgan fingerprint density at radius 2 is 1.76 bits per heavy atom. The van der Waals surface area contributed by atoms with Crippen LogP contribution in [0.25, 0.3) is 0 Å². The van der Waals surface area contributed by atoms with E-state index in [0.717, 1.165) is 0 Å². The number of nitrogens with two attached hydrogens (primary N) is 1. The van der Waals surface area contributed by atoms with Crippen LogP contribution in [0.3, 0.4) is 0 Å². The standard InChI is InChI=1S/C16H16ClN3O4S/c17-13-3-1-2-12(8-13)16(22)19-9-15(21)20-14-6-4-11(5-7-14)10-25(18,23)24/h1-8H,9-10H2,(H,19,22)(H,20,21)(H2,18,23,24). The molecule has 0 bridgehead atoms. The summed E-state index contributed by atoms with van der Waals surface area (Å²) in [5.41, 5.74) is 1.34. The quantitative estimate of drug-likeness (QED) is 0.702. The van der Waals surface area contributed by atoms with E-state index in [0.29, 0.717) is 21.8 Å². The molecule has 2 aromatic rings. The molecule has 9 heteroatoms. The molecule has 0 saturated heterocycles. The van der Waals surface area contributed by atoms with Gasteiger partial charge >= 0.3 is 0 Å². The highest BCUT2D eigenvalue weighted by molar-refractivity contribution is 7.88. The van der Waals surface area contributed by atoms with Crippen molar-refractivity contribution < 1.29 is 18.0 Å². The summed E-state index contributed by atoms with van der Waals surface area (Å²) in [6.07, 6.45) is 0. The van der Waals surface area contributed by atoms with Crippen LogP contribution >= 0.6 is 11.6 Å². The lowest BCUT2D eigenvalue weighted by Gasteiger charge is -2.08. The van der Waals surface area contributed by atoms with E-state index in [2.05, 4.69) is 10.6 Å². The van der Waals surface area contributed by atoms with Crippen LogP contribution in [-0.2, 0) is 20.6 Å². The Balaban J connectivity index is 1.87. The zero-order chi connectivity index (χ0) is 18.4. The fourth-order valence-electron chi connectivity index (χ4n) is 2.01. The molecule has 132 valence electrons. The van der Waals surface area contributed by atoms with Crippen LogP contribution in [-0.4, -0.2) is 26.8 Å². The van der Waals surface area contributed by atoms with Gasteiger partial charge in [0.25, 0.3) is 5.91 Å². The smallest absolute Gasteiger partial charge is 0.251 e. The number of sulfonamides is 1. The van der Waals surface area contributed by atoms with Crippen molar-refractivity contribution in [3.63, 3.8) is 0 Å². The Bertz CT molecular complexity index is 883. The molecule has 0 heterocycles. The molecule has 25 heavy (non-hydrogen) atoms. The van der Waals surface area contributed by atoms with Crippen LogP contribution in [0.4, 0.5) is 5.69 Å². The summed E-state index contributed by atoms with van der Waals surface area (Å²) < 4.78 is 22.0. The van der Waals surface area contributed by atoms with Gasteiger partial charge in [-0.3, -0.25) is 9.59 Å². The fraction of sp³-hybridized carbons (Fsp3) is 0.125. The van der Waals surface area contributed by atoms with Crippen LogP contribution in [0, 0.1) is 0 Å². The normalized spacial score (nSPS) is 11.0. The van der Waals surface area contributed by atoms with Gasteiger partial charge in [0.15, 0.2) is 0 Å². The monoisotopic (exact) mass is 381 g/mol. The first-order valence-corrected chi connectivity index (χ1v) is 9.25. The Kier molecular flexibility index (Phi) is 6.13. The second-order valence-corrected chi connectivity index (χ2v) is 7.30. The van der Waals surface area contributed by atoms with Crippen molar-refractivity contribution in [3.8, 4) is 0 Å². The van der Waals surface area contributed by atoms with Crippen molar-refractivity contribution in [2.75, 3.05) is 11.9 Å². The number of nitrogens with one attached hydrogen (secondary N) is 2. The molecule has 0 aliphatic heterocycles. The van der Waals surface area contributed by atoms with Crippen molar-refractivity contribution >= 4 is 39.1 Å². The van der Waals surface area contributed by atoms with Gasteiger partial charge in [0.1, 0.15) is 0 Å². The Hall–Kier alpha value is -2.42. The number of halogens is 1. The lowest BCUT2D eigenvalue weighted by molar-refractivity contribution is -0.115. The SMILES string of the molecule is NS(=O)(=O)Cc1ccc(NC(=O)CNC(=O)c2cccc(Cl)c2)cc1.